The first-order valence-electron chi connectivity index (χ1n) is 10.4. The van der Waals surface area contributed by atoms with Crippen molar-refractivity contribution in [1.82, 2.24) is 24.3 Å². The topological polar surface area (TPSA) is 114 Å². The lowest BCUT2D eigenvalue weighted by molar-refractivity contribution is -0.117. The number of rotatable bonds is 6. The second-order valence-corrected chi connectivity index (χ2v) is 8.33. The molecule has 2 aliphatic rings. The van der Waals surface area contributed by atoms with Crippen LogP contribution in [0.15, 0.2) is 30.6 Å². The Labute approximate surface area is 178 Å². The minimum Gasteiger partial charge on any atom is -0.487 e. The van der Waals surface area contributed by atoms with Crippen LogP contribution in [0.1, 0.15) is 19.8 Å². The first-order valence-corrected chi connectivity index (χ1v) is 10.4. The fourth-order valence-corrected chi connectivity index (χ4v) is 4.01. The Morgan fingerprint density at radius 2 is 2.16 bits per heavy atom. The molecule has 162 valence electrons. The Morgan fingerprint density at radius 1 is 1.35 bits per heavy atom. The molecule has 1 unspecified atom stereocenters. The largest absolute Gasteiger partial charge is 0.487 e. The summed E-state index contributed by atoms with van der Waals surface area (Å²) in [5.74, 6) is 1.67. The van der Waals surface area contributed by atoms with Gasteiger partial charge in [0.2, 0.25) is 5.91 Å². The maximum absolute atomic E-state index is 12.2. The van der Waals surface area contributed by atoms with Gasteiger partial charge >= 0.3 is 6.09 Å². The Morgan fingerprint density at radius 3 is 2.84 bits per heavy atom. The van der Waals surface area contributed by atoms with E-state index in [1.54, 1.807) is 15.4 Å². The van der Waals surface area contributed by atoms with Gasteiger partial charge in [-0.25, -0.2) is 9.31 Å². The molecule has 5 rings (SSSR count). The molecule has 0 aromatic carbocycles. The van der Waals surface area contributed by atoms with Gasteiger partial charge in [-0.3, -0.25) is 9.48 Å². The maximum atomic E-state index is 12.2. The van der Waals surface area contributed by atoms with Crippen molar-refractivity contribution in [3.05, 3.63) is 30.6 Å². The number of aryl methyl sites for hydroxylation is 1. The van der Waals surface area contributed by atoms with Gasteiger partial charge in [0.1, 0.15) is 12.3 Å². The summed E-state index contributed by atoms with van der Waals surface area (Å²) in [6, 6.07) is 5.57. The van der Waals surface area contributed by atoms with Gasteiger partial charge in [-0.2, -0.15) is 10.2 Å². The number of hydrogen-bond donors (Lipinski definition) is 2. The average Bonchev–Trinajstić information content (AvgIpc) is 3.12. The van der Waals surface area contributed by atoms with E-state index in [0.717, 1.165) is 29.6 Å². The molecule has 2 amide bonds. The lowest BCUT2D eigenvalue weighted by Crippen LogP contribution is -2.53. The number of likely N-dealkylation sites (tertiary alicyclic amines) is 1. The van der Waals surface area contributed by atoms with Crippen molar-refractivity contribution in [2.24, 2.45) is 18.9 Å². The molecule has 0 radical (unpaired) electrons. The average molecular weight is 424 g/mol. The third-order valence-corrected chi connectivity index (χ3v) is 6.16. The molecule has 31 heavy (non-hydrogen) atoms. The Kier molecular flexibility index (Phi) is 4.57. The number of nitrogens with zero attached hydrogens (tertiary/aromatic N) is 5. The third-order valence-electron chi connectivity index (χ3n) is 6.16. The molecule has 1 aliphatic carbocycles. The van der Waals surface area contributed by atoms with Crippen LogP contribution in [-0.2, 0) is 11.8 Å². The third kappa shape index (κ3) is 3.58. The Hall–Kier alpha value is -3.56. The van der Waals surface area contributed by atoms with Gasteiger partial charge in [0.25, 0.3) is 0 Å². The summed E-state index contributed by atoms with van der Waals surface area (Å²) in [5.41, 5.74) is 2.52. The van der Waals surface area contributed by atoms with Crippen molar-refractivity contribution in [2.75, 3.05) is 18.5 Å². The predicted octanol–water partition coefficient (Wildman–Crippen LogP) is 2.46. The molecule has 1 saturated carbocycles. The summed E-state index contributed by atoms with van der Waals surface area (Å²) < 4.78 is 9.38. The minimum absolute atomic E-state index is 0.0184. The number of hydrogen-bond acceptors (Lipinski definition) is 5. The molecule has 3 atom stereocenters. The molecule has 10 heteroatoms. The summed E-state index contributed by atoms with van der Waals surface area (Å²) in [6.45, 7) is 2.90. The van der Waals surface area contributed by atoms with Crippen LogP contribution in [0.3, 0.4) is 0 Å². The van der Waals surface area contributed by atoms with E-state index < -0.39 is 6.09 Å². The molecule has 2 fully saturated rings. The quantitative estimate of drug-likeness (QED) is 0.628. The van der Waals surface area contributed by atoms with Crippen LogP contribution in [-0.4, -0.2) is 60.6 Å². The molecule has 2 N–H and O–H groups in total. The number of carbonyl (C=O) groups is 2. The lowest BCUT2D eigenvalue weighted by atomic mass is 10.1. The standard InChI is InChI=1S/C21H24N6O4/c1-12-7-16(12)20(28)23-18-9-15-8-13(3-6-27(15)24-18)19-17(10-22-25(19)2)31-11-14-4-5-26(14)21(29)30/h3,6,8-10,12,14,16H,4-5,7,11H2,1-2H3,(H,29,30)(H,23,24,28)/t12-,14?,16-/m1/s1. The number of carbonyl (C=O) groups excluding carboxylic acids is 1. The summed E-state index contributed by atoms with van der Waals surface area (Å²) >= 11 is 0. The number of fused-ring (bicyclic) bond motifs is 1. The zero-order valence-corrected chi connectivity index (χ0v) is 17.4. The predicted molar refractivity (Wildman–Crippen MR) is 112 cm³/mol. The summed E-state index contributed by atoms with van der Waals surface area (Å²) in [5, 5.41) is 20.8. The van der Waals surface area contributed by atoms with E-state index in [0.29, 0.717) is 24.0 Å². The van der Waals surface area contributed by atoms with Crippen molar-refractivity contribution in [2.45, 2.75) is 25.8 Å². The molecular formula is C21H24N6O4. The number of carboxylic acid groups (broad SMARTS) is 1. The van der Waals surface area contributed by atoms with Gasteiger partial charge < -0.3 is 20.1 Å². The fourth-order valence-electron chi connectivity index (χ4n) is 4.01. The zero-order chi connectivity index (χ0) is 21.7. The smallest absolute Gasteiger partial charge is 0.407 e. The van der Waals surface area contributed by atoms with Crippen LogP contribution < -0.4 is 10.1 Å². The van der Waals surface area contributed by atoms with Crippen LogP contribution >= 0.6 is 0 Å². The first kappa shape index (κ1) is 19.4. The van der Waals surface area contributed by atoms with Crippen LogP contribution in [0.2, 0.25) is 0 Å². The highest BCUT2D eigenvalue weighted by atomic mass is 16.5. The molecule has 1 saturated heterocycles. The van der Waals surface area contributed by atoms with E-state index in [1.165, 1.54) is 4.90 Å². The highest BCUT2D eigenvalue weighted by Gasteiger charge is 2.39. The number of ether oxygens (including phenoxy) is 1. The van der Waals surface area contributed by atoms with Gasteiger partial charge in [0, 0.05) is 37.3 Å². The zero-order valence-electron chi connectivity index (χ0n) is 17.4. The lowest BCUT2D eigenvalue weighted by Gasteiger charge is -2.38. The van der Waals surface area contributed by atoms with Crippen molar-refractivity contribution in [1.29, 1.82) is 0 Å². The number of pyridine rings is 1. The second-order valence-electron chi connectivity index (χ2n) is 8.33. The fraction of sp³-hybridized carbons (Fsp3) is 0.429. The molecule has 4 heterocycles. The Balaban J connectivity index is 1.35. The van der Waals surface area contributed by atoms with E-state index in [4.69, 9.17) is 9.84 Å². The van der Waals surface area contributed by atoms with E-state index in [2.05, 4.69) is 22.4 Å². The number of amides is 2. The van der Waals surface area contributed by atoms with Gasteiger partial charge in [-0.05, 0) is 30.9 Å². The monoisotopic (exact) mass is 424 g/mol. The molecule has 1 aliphatic heterocycles. The number of aromatic nitrogens is 4. The van der Waals surface area contributed by atoms with E-state index in [9.17, 15) is 9.59 Å². The van der Waals surface area contributed by atoms with Gasteiger partial charge in [-0.1, -0.05) is 6.92 Å². The van der Waals surface area contributed by atoms with Crippen molar-refractivity contribution in [3.8, 4) is 17.0 Å². The summed E-state index contributed by atoms with van der Waals surface area (Å²) in [7, 11) is 1.83. The van der Waals surface area contributed by atoms with E-state index in [1.807, 2.05) is 31.4 Å². The van der Waals surface area contributed by atoms with Crippen molar-refractivity contribution >= 4 is 23.3 Å². The molecule has 3 aromatic heterocycles. The summed E-state index contributed by atoms with van der Waals surface area (Å²) in [4.78, 5) is 24.7. The highest BCUT2D eigenvalue weighted by molar-refractivity contribution is 5.94. The molecule has 0 spiro atoms. The molecular weight excluding hydrogens is 400 g/mol. The van der Waals surface area contributed by atoms with Gasteiger partial charge in [-0.15, -0.1) is 0 Å². The highest BCUT2D eigenvalue weighted by Crippen LogP contribution is 2.38. The van der Waals surface area contributed by atoms with Crippen LogP contribution in [0, 0.1) is 11.8 Å². The van der Waals surface area contributed by atoms with Crippen LogP contribution in [0.5, 0.6) is 5.75 Å². The SMILES string of the molecule is C[C@@H]1C[C@H]1C(=O)Nc1cc2cc(-c3c(OCC4CCN4C(=O)O)cnn3C)ccn2n1. The summed E-state index contributed by atoms with van der Waals surface area (Å²) in [6.07, 6.45) is 4.27. The van der Waals surface area contributed by atoms with Crippen LogP contribution in [0.25, 0.3) is 16.8 Å². The normalized spacial score (nSPS) is 22.3. The number of anilines is 1. The van der Waals surface area contributed by atoms with Crippen molar-refractivity contribution in [3.63, 3.8) is 0 Å². The van der Waals surface area contributed by atoms with Crippen LogP contribution in [0.4, 0.5) is 10.6 Å². The van der Waals surface area contributed by atoms with Gasteiger partial charge in [0.15, 0.2) is 11.6 Å². The Bertz CT molecular complexity index is 1170. The van der Waals surface area contributed by atoms with Gasteiger partial charge in [0.05, 0.1) is 17.8 Å². The first-order chi connectivity index (χ1) is 14.9. The van der Waals surface area contributed by atoms with Crippen molar-refractivity contribution < 1.29 is 19.4 Å². The molecule has 0 bridgehead atoms. The van der Waals surface area contributed by atoms with E-state index >= 15 is 0 Å². The maximum Gasteiger partial charge on any atom is 0.407 e. The minimum atomic E-state index is -0.920. The second kappa shape index (κ2) is 7.29. The molecule has 10 nitrogen and oxygen atoms in total. The van der Waals surface area contributed by atoms with E-state index in [-0.39, 0.29) is 24.5 Å². The number of nitrogens with one attached hydrogen (secondary N) is 1. The molecule has 3 aromatic rings.